The zero-order valence-electron chi connectivity index (χ0n) is 11.3. The lowest BCUT2D eigenvalue weighted by atomic mass is 10.1. The molecule has 1 fully saturated rings. The smallest absolute Gasteiger partial charge is 0.123 e. The summed E-state index contributed by atoms with van der Waals surface area (Å²) in [4.78, 5) is 4.58. The standard InChI is InChI=1S/C14H21FN4/c1-11(14(16)17)10-18-6-8-19(9-7-18)13-4-2-12(15)3-5-13/h2-5,11H,6-10H2,1H3,(H3,16,17). The maximum Gasteiger partial charge on any atom is 0.123 e. The molecule has 3 N–H and O–H groups in total. The maximum atomic E-state index is 12.9. The highest BCUT2D eigenvalue weighted by Crippen LogP contribution is 2.17. The van der Waals surface area contributed by atoms with Crippen LogP contribution in [0.2, 0.25) is 0 Å². The zero-order valence-corrected chi connectivity index (χ0v) is 11.3. The molecule has 1 saturated heterocycles. The van der Waals surface area contributed by atoms with Crippen molar-refractivity contribution in [2.45, 2.75) is 6.92 Å². The minimum atomic E-state index is -0.197. The van der Waals surface area contributed by atoms with E-state index in [0.717, 1.165) is 38.4 Å². The molecule has 0 aromatic heterocycles. The Bertz CT molecular complexity index is 424. The van der Waals surface area contributed by atoms with Crippen LogP contribution in [0.3, 0.4) is 0 Å². The Morgan fingerprint density at radius 2 is 1.84 bits per heavy atom. The molecule has 1 aliphatic heterocycles. The Balaban J connectivity index is 1.85. The van der Waals surface area contributed by atoms with Gasteiger partial charge < -0.3 is 10.6 Å². The van der Waals surface area contributed by atoms with Crippen LogP contribution in [0.25, 0.3) is 0 Å². The van der Waals surface area contributed by atoms with Crippen LogP contribution in [-0.2, 0) is 0 Å². The summed E-state index contributed by atoms with van der Waals surface area (Å²) in [5.41, 5.74) is 6.57. The molecule has 0 aliphatic carbocycles. The van der Waals surface area contributed by atoms with Gasteiger partial charge in [-0.25, -0.2) is 4.39 Å². The highest BCUT2D eigenvalue weighted by Gasteiger charge is 2.19. The lowest BCUT2D eigenvalue weighted by molar-refractivity contribution is 0.243. The fraction of sp³-hybridized carbons (Fsp3) is 0.500. The molecular formula is C14H21FN4. The normalized spacial score (nSPS) is 18.3. The van der Waals surface area contributed by atoms with Crippen molar-refractivity contribution in [1.82, 2.24) is 4.90 Å². The molecule has 5 heteroatoms. The van der Waals surface area contributed by atoms with E-state index in [2.05, 4.69) is 9.80 Å². The summed E-state index contributed by atoms with van der Waals surface area (Å²) in [5.74, 6) is 0.163. The first-order valence-corrected chi connectivity index (χ1v) is 6.63. The van der Waals surface area contributed by atoms with Gasteiger partial charge in [-0.05, 0) is 24.3 Å². The zero-order chi connectivity index (χ0) is 13.8. The second-order valence-corrected chi connectivity index (χ2v) is 5.12. The van der Waals surface area contributed by atoms with E-state index in [1.54, 1.807) is 0 Å². The van der Waals surface area contributed by atoms with Crippen LogP contribution in [0.4, 0.5) is 10.1 Å². The largest absolute Gasteiger partial charge is 0.387 e. The first-order valence-electron chi connectivity index (χ1n) is 6.63. The predicted octanol–water partition coefficient (Wildman–Crippen LogP) is 1.52. The lowest BCUT2D eigenvalue weighted by Gasteiger charge is -2.37. The van der Waals surface area contributed by atoms with Gasteiger partial charge in [-0.1, -0.05) is 6.92 Å². The van der Waals surface area contributed by atoms with E-state index in [9.17, 15) is 4.39 Å². The molecule has 104 valence electrons. The molecule has 1 aliphatic rings. The molecule has 1 atom stereocenters. The van der Waals surface area contributed by atoms with Crippen molar-refractivity contribution in [3.63, 3.8) is 0 Å². The third-order valence-electron chi connectivity index (χ3n) is 3.63. The summed E-state index contributed by atoms with van der Waals surface area (Å²) < 4.78 is 12.9. The average Bonchev–Trinajstić information content (AvgIpc) is 2.40. The quantitative estimate of drug-likeness (QED) is 0.640. The Morgan fingerprint density at radius 1 is 1.26 bits per heavy atom. The molecule has 1 aromatic rings. The SMILES string of the molecule is CC(CN1CCN(c2ccc(F)cc2)CC1)C(=N)N. The van der Waals surface area contributed by atoms with E-state index in [1.807, 2.05) is 19.1 Å². The first-order chi connectivity index (χ1) is 9.06. The number of anilines is 1. The fourth-order valence-electron chi connectivity index (χ4n) is 2.33. The number of rotatable bonds is 4. The summed E-state index contributed by atoms with van der Waals surface area (Å²) in [6, 6.07) is 6.64. The van der Waals surface area contributed by atoms with Gasteiger partial charge in [-0.2, -0.15) is 0 Å². The van der Waals surface area contributed by atoms with Gasteiger partial charge in [0.15, 0.2) is 0 Å². The second-order valence-electron chi connectivity index (χ2n) is 5.12. The molecule has 0 saturated carbocycles. The third-order valence-corrected chi connectivity index (χ3v) is 3.63. The van der Waals surface area contributed by atoms with Gasteiger partial charge in [0, 0.05) is 44.3 Å². The molecule has 4 nitrogen and oxygen atoms in total. The summed E-state index contributed by atoms with van der Waals surface area (Å²) in [7, 11) is 0. The van der Waals surface area contributed by atoms with Crippen molar-refractivity contribution in [2.24, 2.45) is 11.7 Å². The van der Waals surface area contributed by atoms with Gasteiger partial charge in [0.05, 0.1) is 5.84 Å². The minimum Gasteiger partial charge on any atom is -0.387 e. The molecule has 0 bridgehead atoms. The Morgan fingerprint density at radius 3 is 2.37 bits per heavy atom. The third kappa shape index (κ3) is 3.67. The van der Waals surface area contributed by atoms with Gasteiger partial charge >= 0.3 is 0 Å². The minimum absolute atomic E-state index is 0.109. The average molecular weight is 264 g/mol. The summed E-state index contributed by atoms with van der Waals surface area (Å²) in [5, 5.41) is 7.42. The van der Waals surface area contributed by atoms with E-state index in [1.165, 1.54) is 12.1 Å². The second kappa shape index (κ2) is 6.02. The molecule has 19 heavy (non-hydrogen) atoms. The van der Waals surface area contributed by atoms with Crippen molar-refractivity contribution < 1.29 is 4.39 Å². The molecule has 0 amide bonds. The molecule has 2 rings (SSSR count). The number of nitrogens with zero attached hydrogens (tertiary/aromatic N) is 2. The highest BCUT2D eigenvalue weighted by atomic mass is 19.1. The van der Waals surface area contributed by atoms with E-state index < -0.39 is 0 Å². The van der Waals surface area contributed by atoms with Crippen LogP contribution in [0.5, 0.6) is 0 Å². The van der Waals surface area contributed by atoms with Crippen LogP contribution < -0.4 is 10.6 Å². The number of halogens is 1. The number of amidine groups is 1. The first kappa shape index (κ1) is 13.8. The van der Waals surface area contributed by atoms with E-state index in [-0.39, 0.29) is 17.6 Å². The van der Waals surface area contributed by atoms with Gasteiger partial charge in [0.2, 0.25) is 0 Å². The Kier molecular flexibility index (Phi) is 4.37. The van der Waals surface area contributed by atoms with Crippen molar-refractivity contribution in [3.8, 4) is 0 Å². The number of hydrogen-bond acceptors (Lipinski definition) is 3. The highest BCUT2D eigenvalue weighted by molar-refractivity contribution is 5.79. The Hall–Kier alpha value is -1.62. The molecule has 0 radical (unpaired) electrons. The lowest BCUT2D eigenvalue weighted by Crippen LogP contribution is -2.48. The van der Waals surface area contributed by atoms with Gasteiger partial charge in [-0.3, -0.25) is 10.3 Å². The van der Waals surface area contributed by atoms with Crippen molar-refractivity contribution >= 4 is 11.5 Å². The van der Waals surface area contributed by atoms with E-state index in [0.29, 0.717) is 0 Å². The molecule has 1 heterocycles. The number of nitrogens with one attached hydrogen (secondary N) is 1. The van der Waals surface area contributed by atoms with Crippen LogP contribution in [0, 0.1) is 17.1 Å². The maximum absolute atomic E-state index is 12.9. The summed E-state index contributed by atoms with van der Waals surface area (Å²) in [6.07, 6.45) is 0. The van der Waals surface area contributed by atoms with Crippen LogP contribution in [0.15, 0.2) is 24.3 Å². The molecule has 1 aromatic carbocycles. The summed E-state index contributed by atoms with van der Waals surface area (Å²) >= 11 is 0. The topological polar surface area (TPSA) is 56.4 Å². The van der Waals surface area contributed by atoms with Gasteiger partial charge in [-0.15, -0.1) is 0 Å². The fourth-order valence-corrected chi connectivity index (χ4v) is 2.33. The van der Waals surface area contributed by atoms with Crippen LogP contribution >= 0.6 is 0 Å². The van der Waals surface area contributed by atoms with Crippen LogP contribution in [0.1, 0.15) is 6.92 Å². The number of piperazine rings is 1. The molecular weight excluding hydrogens is 243 g/mol. The molecule has 0 spiro atoms. The van der Waals surface area contributed by atoms with Crippen molar-refractivity contribution in [2.75, 3.05) is 37.6 Å². The predicted molar refractivity (Wildman–Crippen MR) is 76.1 cm³/mol. The number of benzene rings is 1. The van der Waals surface area contributed by atoms with Gasteiger partial charge in [0.1, 0.15) is 5.82 Å². The van der Waals surface area contributed by atoms with E-state index >= 15 is 0 Å². The number of nitrogens with two attached hydrogens (primary N) is 1. The monoisotopic (exact) mass is 264 g/mol. The van der Waals surface area contributed by atoms with E-state index in [4.69, 9.17) is 11.1 Å². The van der Waals surface area contributed by atoms with Gasteiger partial charge in [0.25, 0.3) is 0 Å². The number of hydrogen-bond donors (Lipinski definition) is 2. The molecule has 1 unspecified atom stereocenters. The van der Waals surface area contributed by atoms with Crippen molar-refractivity contribution in [3.05, 3.63) is 30.1 Å². The van der Waals surface area contributed by atoms with Crippen LogP contribution in [-0.4, -0.2) is 43.5 Å². The van der Waals surface area contributed by atoms with Crippen molar-refractivity contribution in [1.29, 1.82) is 5.41 Å². The summed E-state index contributed by atoms with van der Waals surface area (Å²) in [6.45, 7) is 6.58. The Labute approximate surface area is 113 Å².